The van der Waals surface area contributed by atoms with Crippen LogP contribution >= 0.6 is 0 Å². The van der Waals surface area contributed by atoms with Crippen molar-refractivity contribution < 1.29 is 14.4 Å². The summed E-state index contributed by atoms with van der Waals surface area (Å²) in [5.74, 6) is 0.547. The zero-order valence-electron chi connectivity index (χ0n) is 12.7. The Balaban J connectivity index is 2.45. The van der Waals surface area contributed by atoms with Gasteiger partial charge in [0.2, 0.25) is 0 Å². The van der Waals surface area contributed by atoms with E-state index >= 15 is 0 Å². The van der Waals surface area contributed by atoms with E-state index in [2.05, 4.69) is 13.8 Å². The average molecular weight is 262 g/mol. The van der Waals surface area contributed by atoms with E-state index in [9.17, 15) is 5.11 Å². The molecule has 0 spiro atoms. The number of phenolic OH excluding ortho intramolecular Hbond substituents is 1. The summed E-state index contributed by atoms with van der Waals surface area (Å²) >= 11 is 0. The van der Waals surface area contributed by atoms with Gasteiger partial charge in [0.05, 0.1) is 11.2 Å². The molecule has 0 aliphatic carbocycles. The van der Waals surface area contributed by atoms with E-state index < -0.39 is 18.3 Å². The minimum absolute atomic E-state index is 0.240. The van der Waals surface area contributed by atoms with E-state index in [0.717, 1.165) is 11.0 Å². The first kappa shape index (κ1) is 14.4. The molecule has 0 unspecified atom stereocenters. The van der Waals surface area contributed by atoms with Gasteiger partial charge >= 0.3 is 7.12 Å². The maximum Gasteiger partial charge on any atom is 0.498 e. The molecule has 1 fully saturated rings. The number of hydrogen-bond acceptors (Lipinski definition) is 3. The van der Waals surface area contributed by atoms with E-state index in [1.165, 1.54) is 0 Å². The van der Waals surface area contributed by atoms with E-state index in [4.69, 9.17) is 9.31 Å². The second kappa shape index (κ2) is 4.53. The molecule has 1 aromatic carbocycles. The predicted octanol–water partition coefficient (Wildman–Crippen LogP) is 2.81. The summed E-state index contributed by atoms with van der Waals surface area (Å²) in [7, 11) is -0.511. The lowest BCUT2D eigenvalue weighted by atomic mass is 9.73. The number of hydrogen-bond donors (Lipinski definition) is 1. The van der Waals surface area contributed by atoms with Gasteiger partial charge in [-0.25, -0.2) is 0 Å². The largest absolute Gasteiger partial charge is 0.508 e. The summed E-state index contributed by atoms with van der Waals surface area (Å²) in [5.41, 5.74) is 1.04. The maximum atomic E-state index is 10.2. The zero-order chi connectivity index (χ0) is 14.4. The van der Waals surface area contributed by atoms with E-state index in [-0.39, 0.29) is 5.75 Å². The topological polar surface area (TPSA) is 38.7 Å². The van der Waals surface area contributed by atoms with Crippen LogP contribution in [0.4, 0.5) is 0 Å². The number of phenols is 1. The van der Waals surface area contributed by atoms with Crippen LogP contribution in [-0.4, -0.2) is 23.4 Å². The first-order valence-corrected chi connectivity index (χ1v) is 6.83. The van der Waals surface area contributed by atoms with Crippen molar-refractivity contribution in [3.63, 3.8) is 0 Å². The molecular weight excluding hydrogens is 239 g/mol. The molecule has 0 bridgehead atoms. The highest BCUT2D eigenvalue weighted by molar-refractivity contribution is 6.63. The van der Waals surface area contributed by atoms with Crippen molar-refractivity contribution in [3.05, 3.63) is 23.8 Å². The Hall–Kier alpha value is -0.995. The summed E-state index contributed by atoms with van der Waals surface area (Å²) in [6.07, 6.45) is 0. The van der Waals surface area contributed by atoms with Crippen LogP contribution in [0.15, 0.2) is 18.2 Å². The van der Waals surface area contributed by atoms with Crippen LogP contribution in [-0.2, 0) is 9.31 Å². The van der Waals surface area contributed by atoms with Gasteiger partial charge in [-0.2, -0.15) is 0 Å². The molecule has 1 aliphatic heterocycles. The second-order valence-electron chi connectivity index (χ2n) is 6.52. The average Bonchev–Trinajstić information content (AvgIpc) is 2.47. The fourth-order valence-electron chi connectivity index (χ4n) is 2.29. The Morgan fingerprint density at radius 2 is 1.58 bits per heavy atom. The minimum atomic E-state index is -0.511. The molecule has 1 aromatic rings. The normalized spacial score (nSPS) is 21.1. The third-order valence-electron chi connectivity index (χ3n) is 4.23. The quantitative estimate of drug-likeness (QED) is 0.833. The van der Waals surface area contributed by atoms with Crippen LogP contribution in [0.5, 0.6) is 5.75 Å². The lowest BCUT2D eigenvalue weighted by molar-refractivity contribution is 0.00578. The lowest BCUT2D eigenvalue weighted by Gasteiger charge is -2.32. The molecule has 1 heterocycles. The van der Waals surface area contributed by atoms with Gasteiger partial charge in [0, 0.05) is 5.46 Å². The van der Waals surface area contributed by atoms with Gasteiger partial charge in [-0.05, 0) is 45.2 Å². The van der Waals surface area contributed by atoms with Crippen LogP contribution in [0.2, 0.25) is 0 Å². The monoisotopic (exact) mass is 262 g/mol. The predicted molar refractivity (Wildman–Crippen MR) is 77.9 cm³/mol. The van der Waals surface area contributed by atoms with Crippen molar-refractivity contribution in [1.29, 1.82) is 0 Å². The van der Waals surface area contributed by atoms with Crippen LogP contribution in [0, 0.1) is 0 Å². The van der Waals surface area contributed by atoms with Gasteiger partial charge in [-0.3, -0.25) is 0 Å². The van der Waals surface area contributed by atoms with Crippen molar-refractivity contribution >= 4 is 12.6 Å². The molecule has 104 valence electrons. The fourth-order valence-corrected chi connectivity index (χ4v) is 2.29. The number of benzene rings is 1. The van der Waals surface area contributed by atoms with Crippen molar-refractivity contribution in [3.8, 4) is 5.75 Å². The van der Waals surface area contributed by atoms with Gasteiger partial charge in [0.25, 0.3) is 0 Å². The summed E-state index contributed by atoms with van der Waals surface area (Å²) in [6.45, 7) is 12.3. The Morgan fingerprint density at radius 3 is 2.05 bits per heavy atom. The third kappa shape index (κ3) is 2.39. The highest BCUT2D eigenvalue weighted by atomic mass is 16.7. The summed E-state index contributed by atoms with van der Waals surface area (Å²) in [5, 5.41) is 10.2. The maximum absolute atomic E-state index is 10.2. The van der Waals surface area contributed by atoms with Crippen molar-refractivity contribution in [2.24, 2.45) is 0 Å². The molecule has 1 N–H and O–H groups in total. The molecule has 1 saturated heterocycles. The zero-order valence-corrected chi connectivity index (χ0v) is 12.7. The summed E-state index contributed by atoms with van der Waals surface area (Å²) in [4.78, 5) is 0. The third-order valence-corrected chi connectivity index (χ3v) is 4.23. The fraction of sp³-hybridized carbons (Fsp3) is 0.600. The first-order chi connectivity index (χ1) is 8.66. The molecule has 0 radical (unpaired) electrons. The molecule has 3 nitrogen and oxygen atoms in total. The Morgan fingerprint density at radius 1 is 1.05 bits per heavy atom. The van der Waals surface area contributed by atoms with Gasteiger partial charge in [0.15, 0.2) is 0 Å². The van der Waals surface area contributed by atoms with Crippen LogP contribution in [0.3, 0.4) is 0 Å². The van der Waals surface area contributed by atoms with E-state index in [1.807, 2.05) is 39.8 Å². The second-order valence-corrected chi connectivity index (χ2v) is 6.52. The molecule has 0 atom stereocenters. The van der Waals surface area contributed by atoms with Gasteiger partial charge in [-0.15, -0.1) is 0 Å². The summed E-state index contributed by atoms with van der Waals surface area (Å²) in [6, 6.07) is 5.57. The van der Waals surface area contributed by atoms with Gasteiger partial charge in [-0.1, -0.05) is 26.0 Å². The van der Waals surface area contributed by atoms with Crippen LogP contribution < -0.4 is 5.46 Å². The molecule has 4 heteroatoms. The number of aromatic hydroxyl groups is 1. The molecule has 1 aliphatic rings. The van der Waals surface area contributed by atoms with Crippen LogP contribution in [0.1, 0.15) is 53.0 Å². The van der Waals surface area contributed by atoms with Crippen LogP contribution in [0.25, 0.3) is 0 Å². The van der Waals surface area contributed by atoms with E-state index in [1.54, 1.807) is 6.07 Å². The highest BCUT2D eigenvalue weighted by Crippen LogP contribution is 2.37. The van der Waals surface area contributed by atoms with Crippen molar-refractivity contribution in [1.82, 2.24) is 0 Å². The van der Waals surface area contributed by atoms with Gasteiger partial charge in [0.1, 0.15) is 5.75 Å². The molecule has 0 aromatic heterocycles. The Labute approximate surface area is 116 Å². The Kier molecular flexibility index (Phi) is 3.44. The molecule has 2 rings (SSSR count). The molecule has 0 amide bonds. The molecule has 19 heavy (non-hydrogen) atoms. The highest BCUT2D eigenvalue weighted by Gasteiger charge is 2.53. The number of rotatable bonds is 2. The van der Waals surface area contributed by atoms with Gasteiger partial charge < -0.3 is 14.4 Å². The Bertz CT molecular complexity index is 464. The molecule has 0 saturated carbocycles. The summed E-state index contributed by atoms with van der Waals surface area (Å²) < 4.78 is 12.1. The van der Waals surface area contributed by atoms with E-state index in [0.29, 0.717) is 5.92 Å². The standard InChI is InChI=1S/C15H23BO3/c1-10(2)11-8-7-9-12(17)13(11)16-18-14(3,4)15(5,6)19-16/h7-10,17H,1-6H3. The smallest absolute Gasteiger partial charge is 0.498 e. The van der Waals surface area contributed by atoms with Crippen molar-refractivity contribution in [2.75, 3.05) is 0 Å². The lowest BCUT2D eigenvalue weighted by Crippen LogP contribution is -2.41. The first-order valence-electron chi connectivity index (χ1n) is 6.83. The molecular formula is C15H23BO3. The minimum Gasteiger partial charge on any atom is -0.508 e. The van der Waals surface area contributed by atoms with Crippen molar-refractivity contribution in [2.45, 2.75) is 58.7 Å². The SMILES string of the molecule is CC(C)c1cccc(O)c1B1OC(C)(C)C(C)(C)O1.